The summed E-state index contributed by atoms with van der Waals surface area (Å²) in [6.07, 6.45) is 32.8. The van der Waals surface area contributed by atoms with E-state index in [1.807, 2.05) is 0 Å². The second kappa shape index (κ2) is 29.2. The van der Waals surface area contributed by atoms with Crippen LogP contribution in [0.2, 0.25) is 0 Å². The molecular formula is C33H68N2S. The fraction of sp³-hybridized carbons (Fsp3) is 0.970. The predicted molar refractivity (Wildman–Crippen MR) is 169 cm³/mol. The van der Waals surface area contributed by atoms with Crippen molar-refractivity contribution in [2.24, 2.45) is 0 Å². The van der Waals surface area contributed by atoms with Crippen molar-refractivity contribution in [3.63, 3.8) is 0 Å². The Kier molecular flexibility index (Phi) is 29.0. The standard InChI is InChI=1S/C33H68N2S/c1-5-9-13-17-21-25-29-34(30-26-22-18-14-10-6-2)33(36)35(31-27-23-19-15-11-7-3)32-28-24-20-16-12-8-4/h5-32H2,1-4H3. The molecule has 36 heavy (non-hydrogen) atoms. The van der Waals surface area contributed by atoms with Crippen LogP contribution in [-0.2, 0) is 0 Å². The summed E-state index contributed by atoms with van der Waals surface area (Å²) in [4.78, 5) is 5.23. The summed E-state index contributed by atoms with van der Waals surface area (Å²) in [5, 5.41) is 1.18. The van der Waals surface area contributed by atoms with Crippen molar-refractivity contribution in [3.05, 3.63) is 0 Å². The molecule has 0 aliphatic rings. The first-order valence-electron chi connectivity index (χ1n) is 16.7. The quantitative estimate of drug-likeness (QED) is 0.0742. The van der Waals surface area contributed by atoms with E-state index in [0.717, 1.165) is 0 Å². The van der Waals surface area contributed by atoms with Gasteiger partial charge >= 0.3 is 0 Å². The lowest BCUT2D eigenvalue weighted by molar-refractivity contribution is 0.304. The average Bonchev–Trinajstić information content (AvgIpc) is 2.89. The first kappa shape index (κ1) is 35.7. The molecule has 0 bridgehead atoms. The summed E-state index contributed by atoms with van der Waals surface area (Å²) in [5.74, 6) is 0. The molecule has 0 spiro atoms. The van der Waals surface area contributed by atoms with Gasteiger partial charge in [-0.2, -0.15) is 0 Å². The summed E-state index contributed by atoms with van der Waals surface area (Å²) < 4.78 is 0. The van der Waals surface area contributed by atoms with Crippen LogP contribution in [0, 0.1) is 0 Å². The summed E-state index contributed by atoms with van der Waals surface area (Å²) in [6, 6.07) is 0. The Hall–Kier alpha value is -0.310. The molecule has 0 amide bonds. The van der Waals surface area contributed by atoms with Crippen LogP contribution in [0.3, 0.4) is 0 Å². The molecule has 0 rings (SSSR count). The smallest absolute Gasteiger partial charge is 0.171 e. The van der Waals surface area contributed by atoms with E-state index in [2.05, 4.69) is 37.5 Å². The molecule has 0 aliphatic carbocycles. The van der Waals surface area contributed by atoms with Crippen LogP contribution in [0.4, 0.5) is 0 Å². The highest BCUT2D eigenvalue weighted by Crippen LogP contribution is 2.14. The Morgan fingerprint density at radius 1 is 0.333 bits per heavy atom. The van der Waals surface area contributed by atoms with E-state index in [0.29, 0.717) is 0 Å². The van der Waals surface area contributed by atoms with Crippen LogP contribution in [-0.4, -0.2) is 41.1 Å². The zero-order chi connectivity index (χ0) is 26.5. The van der Waals surface area contributed by atoms with E-state index in [1.165, 1.54) is 185 Å². The van der Waals surface area contributed by atoms with Crippen molar-refractivity contribution in [1.82, 2.24) is 9.80 Å². The average molecular weight is 525 g/mol. The van der Waals surface area contributed by atoms with Gasteiger partial charge in [-0.05, 0) is 37.9 Å². The summed E-state index contributed by atoms with van der Waals surface area (Å²) >= 11 is 6.23. The number of unbranched alkanes of at least 4 members (excludes halogenated alkanes) is 20. The summed E-state index contributed by atoms with van der Waals surface area (Å²) in [5.41, 5.74) is 0. The number of hydrogen-bond acceptors (Lipinski definition) is 1. The molecule has 0 aliphatic heterocycles. The SMILES string of the molecule is CCCCCCCCN(CCCCCCCC)C(=S)N(CCCCCCCC)CCCCCCCC. The van der Waals surface area contributed by atoms with E-state index in [-0.39, 0.29) is 0 Å². The Bertz CT molecular complexity index is 369. The van der Waals surface area contributed by atoms with E-state index < -0.39 is 0 Å². The molecule has 0 saturated heterocycles. The molecule has 0 heterocycles. The summed E-state index contributed by atoms with van der Waals surface area (Å²) in [6.45, 7) is 13.9. The molecule has 0 aromatic rings. The second-order valence-electron chi connectivity index (χ2n) is 11.3. The Morgan fingerprint density at radius 2 is 0.528 bits per heavy atom. The maximum atomic E-state index is 6.23. The van der Waals surface area contributed by atoms with Crippen molar-refractivity contribution < 1.29 is 0 Å². The third-order valence-electron chi connectivity index (χ3n) is 7.67. The van der Waals surface area contributed by atoms with E-state index in [9.17, 15) is 0 Å². The molecule has 216 valence electrons. The van der Waals surface area contributed by atoms with Gasteiger partial charge in [-0.3, -0.25) is 0 Å². The molecule has 0 aromatic heterocycles. The van der Waals surface area contributed by atoms with Crippen molar-refractivity contribution >= 4 is 17.3 Å². The molecule has 3 heteroatoms. The van der Waals surface area contributed by atoms with Gasteiger partial charge in [0, 0.05) is 26.2 Å². The Morgan fingerprint density at radius 3 is 0.750 bits per heavy atom. The van der Waals surface area contributed by atoms with E-state index in [4.69, 9.17) is 12.2 Å². The van der Waals surface area contributed by atoms with Crippen LogP contribution in [0.5, 0.6) is 0 Å². The highest BCUT2D eigenvalue weighted by Gasteiger charge is 2.16. The van der Waals surface area contributed by atoms with Crippen LogP contribution in [0.15, 0.2) is 0 Å². The minimum atomic E-state index is 1.17. The maximum absolute atomic E-state index is 6.23. The van der Waals surface area contributed by atoms with Gasteiger partial charge in [-0.25, -0.2) is 0 Å². The van der Waals surface area contributed by atoms with Gasteiger partial charge in [0.05, 0.1) is 0 Å². The highest BCUT2D eigenvalue weighted by molar-refractivity contribution is 7.80. The van der Waals surface area contributed by atoms with Crippen molar-refractivity contribution in [2.75, 3.05) is 26.2 Å². The first-order chi connectivity index (χ1) is 17.7. The number of hydrogen-bond donors (Lipinski definition) is 0. The van der Waals surface area contributed by atoms with Gasteiger partial charge in [0.1, 0.15) is 0 Å². The van der Waals surface area contributed by atoms with Crippen molar-refractivity contribution in [2.45, 2.75) is 182 Å². The Balaban J connectivity index is 4.82. The van der Waals surface area contributed by atoms with Gasteiger partial charge in [0.2, 0.25) is 0 Å². The van der Waals surface area contributed by atoms with E-state index >= 15 is 0 Å². The predicted octanol–water partition coefficient (Wildman–Crippen LogP) is 11.3. The second-order valence-corrected chi connectivity index (χ2v) is 11.7. The third kappa shape index (κ3) is 22.9. The normalized spacial score (nSPS) is 11.2. The van der Waals surface area contributed by atoms with Crippen LogP contribution in [0.1, 0.15) is 182 Å². The summed E-state index contributed by atoms with van der Waals surface area (Å²) in [7, 11) is 0. The molecule has 0 N–H and O–H groups in total. The van der Waals surface area contributed by atoms with Crippen molar-refractivity contribution in [3.8, 4) is 0 Å². The van der Waals surface area contributed by atoms with Gasteiger partial charge in [-0.15, -0.1) is 0 Å². The molecule has 0 saturated carbocycles. The lowest BCUT2D eigenvalue weighted by Gasteiger charge is -2.34. The molecule has 0 fully saturated rings. The zero-order valence-corrected chi connectivity index (χ0v) is 26.4. The lowest BCUT2D eigenvalue weighted by Crippen LogP contribution is -2.44. The highest BCUT2D eigenvalue weighted by atomic mass is 32.1. The molecule has 0 radical (unpaired) electrons. The maximum Gasteiger partial charge on any atom is 0.171 e. The van der Waals surface area contributed by atoms with Crippen LogP contribution < -0.4 is 0 Å². The van der Waals surface area contributed by atoms with Gasteiger partial charge in [0.25, 0.3) is 0 Å². The number of rotatable bonds is 28. The van der Waals surface area contributed by atoms with E-state index in [1.54, 1.807) is 0 Å². The molecule has 0 unspecified atom stereocenters. The zero-order valence-electron chi connectivity index (χ0n) is 25.6. The monoisotopic (exact) mass is 525 g/mol. The van der Waals surface area contributed by atoms with Gasteiger partial charge < -0.3 is 9.80 Å². The van der Waals surface area contributed by atoms with Crippen LogP contribution in [0.25, 0.3) is 0 Å². The third-order valence-corrected chi connectivity index (χ3v) is 8.18. The van der Waals surface area contributed by atoms with Crippen molar-refractivity contribution in [1.29, 1.82) is 0 Å². The number of nitrogens with zero attached hydrogens (tertiary/aromatic N) is 2. The Labute approximate surface area is 234 Å². The fourth-order valence-corrected chi connectivity index (χ4v) is 5.50. The van der Waals surface area contributed by atoms with Gasteiger partial charge in [-0.1, -0.05) is 156 Å². The molecular weight excluding hydrogens is 456 g/mol. The minimum Gasteiger partial charge on any atom is -0.349 e. The minimum absolute atomic E-state index is 1.17. The number of thiocarbonyl (C=S) groups is 1. The molecule has 2 nitrogen and oxygen atoms in total. The van der Waals surface area contributed by atoms with Crippen LogP contribution >= 0.6 is 12.2 Å². The topological polar surface area (TPSA) is 6.48 Å². The largest absolute Gasteiger partial charge is 0.349 e. The lowest BCUT2D eigenvalue weighted by atomic mass is 10.1. The molecule has 0 atom stereocenters. The molecule has 0 aromatic carbocycles. The van der Waals surface area contributed by atoms with Gasteiger partial charge in [0.15, 0.2) is 5.11 Å². The first-order valence-corrected chi connectivity index (χ1v) is 17.2. The fourth-order valence-electron chi connectivity index (χ4n) is 5.14.